The summed E-state index contributed by atoms with van der Waals surface area (Å²) in [6, 6.07) is 7.46. The summed E-state index contributed by atoms with van der Waals surface area (Å²) in [5, 5.41) is 11.9. The normalized spacial score (nSPS) is 20.7. The third-order valence-corrected chi connectivity index (χ3v) is 3.94. The standard InChI is InChI=1S/C16H22N2O4/c1-12-3-5-13(6-4-12)22-10-8-17-15(21)18-9-7-16(2,11-18)14(19)20/h3-6H,7-11H2,1-2H3,(H,17,21)(H,19,20). The van der Waals surface area contributed by atoms with Gasteiger partial charge < -0.3 is 20.1 Å². The highest BCUT2D eigenvalue weighted by Gasteiger charge is 2.42. The topological polar surface area (TPSA) is 78.9 Å². The predicted octanol–water partition coefficient (Wildman–Crippen LogP) is 1.88. The third-order valence-electron chi connectivity index (χ3n) is 3.94. The molecule has 0 radical (unpaired) electrons. The van der Waals surface area contributed by atoms with Crippen LogP contribution < -0.4 is 10.1 Å². The van der Waals surface area contributed by atoms with Crippen molar-refractivity contribution in [3.8, 4) is 5.75 Å². The number of aliphatic carboxylic acids is 1. The minimum atomic E-state index is -0.856. The molecule has 2 rings (SSSR count). The third kappa shape index (κ3) is 3.90. The number of nitrogens with one attached hydrogen (secondary N) is 1. The molecular weight excluding hydrogens is 284 g/mol. The van der Waals surface area contributed by atoms with E-state index in [4.69, 9.17) is 9.84 Å². The molecule has 1 fully saturated rings. The first kappa shape index (κ1) is 16.1. The molecule has 6 heteroatoms. The van der Waals surface area contributed by atoms with E-state index in [0.717, 1.165) is 11.3 Å². The number of benzene rings is 1. The van der Waals surface area contributed by atoms with Gasteiger partial charge in [-0.3, -0.25) is 4.79 Å². The fourth-order valence-electron chi connectivity index (χ4n) is 2.38. The minimum absolute atomic E-state index is 0.238. The van der Waals surface area contributed by atoms with Gasteiger partial charge in [-0.25, -0.2) is 4.79 Å². The maximum Gasteiger partial charge on any atom is 0.317 e. The van der Waals surface area contributed by atoms with Crippen LogP contribution in [-0.4, -0.2) is 48.2 Å². The second-order valence-electron chi connectivity index (χ2n) is 5.93. The summed E-state index contributed by atoms with van der Waals surface area (Å²) in [7, 11) is 0. The van der Waals surface area contributed by atoms with E-state index in [1.54, 1.807) is 11.8 Å². The van der Waals surface area contributed by atoms with Gasteiger partial charge in [-0.15, -0.1) is 0 Å². The van der Waals surface area contributed by atoms with E-state index >= 15 is 0 Å². The number of nitrogens with zero attached hydrogens (tertiary/aromatic N) is 1. The number of carboxylic acid groups (broad SMARTS) is 1. The molecular formula is C16H22N2O4. The lowest BCUT2D eigenvalue weighted by Crippen LogP contribution is -2.42. The number of ether oxygens (including phenoxy) is 1. The van der Waals surface area contributed by atoms with Crippen LogP contribution in [0.1, 0.15) is 18.9 Å². The van der Waals surface area contributed by atoms with Crippen molar-refractivity contribution in [3.63, 3.8) is 0 Å². The van der Waals surface area contributed by atoms with Crippen LogP contribution in [0.25, 0.3) is 0 Å². The number of aryl methyl sites for hydroxylation is 1. The summed E-state index contributed by atoms with van der Waals surface area (Å²) in [6.07, 6.45) is 0.482. The van der Waals surface area contributed by atoms with Gasteiger partial charge in [-0.2, -0.15) is 0 Å². The average Bonchev–Trinajstić information content (AvgIpc) is 2.89. The molecule has 0 aromatic heterocycles. The number of carbonyl (C=O) groups excluding carboxylic acids is 1. The van der Waals surface area contributed by atoms with Gasteiger partial charge in [0, 0.05) is 13.1 Å². The molecule has 6 nitrogen and oxygen atoms in total. The molecule has 0 aliphatic carbocycles. The highest BCUT2D eigenvalue weighted by Crippen LogP contribution is 2.29. The van der Waals surface area contributed by atoms with Crippen LogP contribution in [0.5, 0.6) is 5.75 Å². The lowest BCUT2D eigenvalue weighted by Gasteiger charge is -2.20. The fourth-order valence-corrected chi connectivity index (χ4v) is 2.38. The monoisotopic (exact) mass is 306 g/mol. The van der Waals surface area contributed by atoms with Gasteiger partial charge in [-0.05, 0) is 32.4 Å². The number of carboxylic acids is 1. The van der Waals surface area contributed by atoms with Gasteiger partial charge in [0.05, 0.1) is 12.0 Å². The highest BCUT2D eigenvalue weighted by atomic mass is 16.5. The Morgan fingerprint density at radius 1 is 1.36 bits per heavy atom. The van der Waals surface area contributed by atoms with Crippen LogP contribution in [0.3, 0.4) is 0 Å². The Kier molecular flexibility index (Phi) is 4.90. The molecule has 22 heavy (non-hydrogen) atoms. The van der Waals surface area contributed by atoms with Crippen molar-refractivity contribution < 1.29 is 19.4 Å². The molecule has 1 unspecified atom stereocenters. The molecule has 1 aromatic rings. The van der Waals surface area contributed by atoms with Gasteiger partial charge in [0.15, 0.2) is 0 Å². The van der Waals surface area contributed by atoms with Crippen molar-refractivity contribution in [2.24, 2.45) is 5.41 Å². The number of urea groups is 1. The molecule has 1 aliphatic heterocycles. The van der Waals surface area contributed by atoms with E-state index < -0.39 is 11.4 Å². The molecule has 120 valence electrons. The van der Waals surface area contributed by atoms with E-state index in [0.29, 0.717) is 26.1 Å². The van der Waals surface area contributed by atoms with Gasteiger partial charge in [0.25, 0.3) is 0 Å². The second-order valence-corrected chi connectivity index (χ2v) is 5.93. The van der Waals surface area contributed by atoms with E-state index in [1.807, 2.05) is 31.2 Å². The number of hydrogen-bond acceptors (Lipinski definition) is 3. The summed E-state index contributed by atoms with van der Waals surface area (Å²) in [5.41, 5.74) is 0.326. The highest BCUT2D eigenvalue weighted by molar-refractivity contribution is 5.79. The Labute approximate surface area is 130 Å². The zero-order chi connectivity index (χ0) is 16.2. The number of likely N-dealkylation sites (tertiary alicyclic amines) is 1. The predicted molar refractivity (Wildman–Crippen MR) is 82.0 cm³/mol. The molecule has 0 saturated carbocycles. The van der Waals surface area contributed by atoms with Crippen LogP contribution >= 0.6 is 0 Å². The Morgan fingerprint density at radius 3 is 2.64 bits per heavy atom. The van der Waals surface area contributed by atoms with Crippen molar-refractivity contribution >= 4 is 12.0 Å². The summed E-state index contributed by atoms with van der Waals surface area (Å²) >= 11 is 0. The zero-order valence-corrected chi connectivity index (χ0v) is 13.0. The summed E-state index contributed by atoms with van der Waals surface area (Å²) in [4.78, 5) is 24.7. The van der Waals surface area contributed by atoms with Crippen LogP contribution in [-0.2, 0) is 4.79 Å². The number of hydrogen-bond donors (Lipinski definition) is 2. The maximum absolute atomic E-state index is 12.0. The summed E-state index contributed by atoms with van der Waals surface area (Å²) in [5.74, 6) is -0.0926. The molecule has 0 spiro atoms. The van der Waals surface area contributed by atoms with Crippen molar-refractivity contribution in [2.75, 3.05) is 26.2 Å². The van der Waals surface area contributed by atoms with Crippen molar-refractivity contribution in [2.45, 2.75) is 20.3 Å². The molecule has 2 amide bonds. The van der Waals surface area contributed by atoms with E-state index in [9.17, 15) is 9.59 Å². The molecule has 1 heterocycles. The van der Waals surface area contributed by atoms with Gasteiger partial charge >= 0.3 is 12.0 Å². The first-order valence-electron chi connectivity index (χ1n) is 7.36. The first-order valence-corrected chi connectivity index (χ1v) is 7.36. The van der Waals surface area contributed by atoms with Crippen molar-refractivity contribution in [1.29, 1.82) is 0 Å². The van der Waals surface area contributed by atoms with Crippen LogP contribution in [0.2, 0.25) is 0 Å². The Balaban J connectivity index is 1.70. The van der Waals surface area contributed by atoms with E-state index in [2.05, 4.69) is 5.32 Å². The molecule has 1 saturated heterocycles. The quantitative estimate of drug-likeness (QED) is 0.814. The SMILES string of the molecule is Cc1ccc(OCCNC(=O)N2CCC(C)(C(=O)O)C2)cc1. The van der Waals surface area contributed by atoms with Crippen LogP contribution in [0.15, 0.2) is 24.3 Å². The fraction of sp³-hybridized carbons (Fsp3) is 0.500. The lowest BCUT2D eigenvalue weighted by molar-refractivity contribution is -0.147. The Morgan fingerprint density at radius 2 is 2.05 bits per heavy atom. The zero-order valence-electron chi connectivity index (χ0n) is 13.0. The van der Waals surface area contributed by atoms with E-state index in [1.165, 1.54) is 0 Å². The molecule has 1 atom stereocenters. The lowest BCUT2D eigenvalue weighted by atomic mass is 9.90. The molecule has 1 aromatic carbocycles. The van der Waals surface area contributed by atoms with E-state index in [-0.39, 0.29) is 12.6 Å². The Bertz CT molecular complexity index is 544. The molecule has 1 aliphatic rings. The average molecular weight is 306 g/mol. The second kappa shape index (κ2) is 6.68. The van der Waals surface area contributed by atoms with Gasteiger partial charge in [0.1, 0.15) is 12.4 Å². The summed E-state index contributed by atoms with van der Waals surface area (Å²) < 4.78 is 5.53. The van der Waals surface area contributed by atoms with Crippen molar-refractivity contribution in [1.82, 2.24) is 10.2 Å². The van der Waals surface area contributed by atoms with Crippen LogP contribution in [0, 0.1) is 12.3 Å². The largest absolute Gasteiger partial charge is 0.492 e. The molecule has 0 bridgehead atoms. The number of amides is 2. The summed E-state index contributed by atoms with van der Waals surface area (Å²) in [6.45, 7) is 5.14. The maximum atomic E-state index is 12.0. The van der Waals surface area contributed by atoms with Gasteiger partial charge in [-0.1, -0.05) is 17.7 Å². The number of rotatable bonds is 5. The first-order chi connectivity index (χ1) is 10.4. The minimum Gasteiger partial charge on any atom is -0.492 e. The van der Waals surface area contributed by atoms with Gasteiger partial charge in [0.2, 0.25) is 0 Å². The van der Waals surface area contributed by atoms with Crippen LogP contribution in [0.4, 0.5) is 4.79 Å². The smallest absolute Gasteiger partial charge is 0.317 e. The number of carbonyl (C=O) groups is 2. The Hall–Kier alpha value is -2.24. The molecule has 2 N–H and O–H groups in total. The van der Waals surface area contributed by atoms with Crippen molar-refractivity contribution in [3.05, 3.63) is 29.8 Å².